The van der Waals surface area contributed by atoms with Crippen LogP contribution in [0.15, 0.2) is 5.38 Å². The third-order valence-corrected chi connectivity index (χ3v) is 2.85. The summed E-state index contributed by atoms with van der Waals surface area (Å²) in [6.07, 6.45) is -0.179. The van der Waals surface area contributed by atoms with E-state index in [0.717, 1.165) is 11.3 Å². The Kier molecular flexibility index (Phi) is 4.03. The average Bonchev–Trinajstić information content (AvgIpc) is 2.61. The molecule has 0 aromatic carbocycles. The fourth-order valence-corrected chi connectivity index (χ4v) is 2.04. The van der Waals surface area contributed by atoms with Crippen LogP contribution in [0.25, 0.3) is 0 Å². The zero-order valence-electron chi connectivity index (χ0n) is 8.52. The zero-order valence-corrected chi connectivity index (χ0v) is 9.34. The number of hydrogen-bond donors (Lipinski definition) is 1. The van der Waals surface area contributed by atoms with E-state index in [1.54, 1.807) is 6.92 Å². The second-order valence-corrected chi connectivity index (χ2v) is 3.74. The molecule has 0 bridgehead atoms. The van der Waals surface area contributed by atoms with Crippen molar-refractivity contribution in [3.8, 4) is 6.07 Å². The molecule has 0 fully saturated rings. The van der Waals surface area contributed by atoms with E-state index in [-0.39, 0.29) is 29.0 Å². The van der Waals surface area contributed by atoms with Gasteiger partial charge in [-0.1, -0.05) is 0 Å². The molecule has 0 amide bonds. The lowest BCUT2D eigenvalue weighted by atomic mass is 10.1. The summed E-state index contributed by atoms with van der Waals surface area (Å²) in [7, 11) is 0. The van der Waals surface area contributed by atoms with Crippen molar-refractivity contribution in [2.45, 2.75) is 13.3 Å². The van der Waals surface area contributed by atoms with Crippen LogP contribution in [0.5, 0.6) is 0 Å². The first-order valence-electron chi connectivity index (χ1n) is 4.49. The molecule has 0 radical (unpaired) electrons. The Balaban J connectivity index is 3.01. The summed E-state index contributed by atoms with van der Waals surface area (Å²) >= 11 is 0.939. The van der Waals surface area contributed by atoms with Crippen molar-refractivity contribution in [1.82, 2.24) is 0 Å². The molecule has 0 saturated carbocycles. The molecule has 1 N–H and O–H groups in total. The van der Waals surface area contributed by atoms with Crippen LogP contribution >= 0.6 is 11.3 Å². The van der Waals surface area contributed by atoms with Gasteiger partial charge < -0.3 is 9.84 Å². The highest BCUT2D eigenvalue weighted by atomic mass is 32.1. The van der Waals surface area contributed by atoms with Gasteiger partial charge in [0, 0.05) is 10.9 Å². The number of thiophene rings is 1. The summed E-state index contributed by atoms with van der Waals surface area (Å²) in [6.45, 7) is 1.89. The van der Waals surface area contributed by atoms with Crippen LogP contribution in [-0.2, 0) is 16.0 Å². The highest BCUT2D eigenvalue weighted by molar-refractivity contribution is 7.12. The second-order valence-electron chi connectivity index (χ2n) is 2.86. The molecule has 1 aromatic heterocycles. The van der Waals surface area contributed by atoms with Gasteiger partial charge in [-0.05, 0) is 6.92 Å². The number of carbonyl (C=O) groups is 2. The van der Waals surface area contributed by atoms with E-state index in [1.807, 2.05) is 6.07 Å². The fraction of sp³-hybridized carbons (Fsp3) is 0.300. The van der Waals surface area contributed by atoms with Crippen molar-refractivity contribution in [2.24, 2.45) is 0 Å². The molecule has 0 spiro atoms. The van der Waals surface area contributed by atoms with E-state index >= 15 is 0 Å². The van der Waals surface area contributed by atoms with E-state index < -0.39 is 11.9 Å². The molecule has 1 rings (SSSR count). The molecule has 0 aliphatic carbocycles. The van der Waals surface area contributed by atoms with E-state index in [2.05, 4.69) is 0 Å². The first kappa shape index (κ1) is 12.2. The molecule has 84 valence electrons. The topological polar surface area (TPSA) is 87.4 Å². The minimum absolute atomic E-state index is 0.0182. The maximum atomic E-state index is 11.2. The molecule has 0 saturated heterocycles. The summed E-state index contributed by atoms with van der Waals surface area (Å²) in [5, 5.41) is 19.1. The van der Waals surface area contributed by atoms with Crippen LogP contribution in [0, 0.1) is 11.3 Å². The predicted octanol–water partition coefficient (Wildman–Crippen LogP) is 1.42. The van der Waals surface area contributed by atoms with Gasteiger partial charge in [-0.25, -0.2) is 4.79 Å². The molecule has 0 aliphatic heterocycles. The molecular formula is C10H9NO4S. The summed E-state index contributed by atoms with van der Waals surface area (Å²) in [5.74, 6) is -1.66. The quantitative estimate of drug-likeness (QED) is 0.803. The van der Waals surface area contributed by atoms with Crippen LogP contribution in [0.2, 0.25) is 0 Å². The monoisotopic (exact) mass is 239 g/mol. The summed E-state index contributed by atoms with van der Waals surface area (Å²) < 4.78 is 4.71. The van der Waals surface area contributed by atoms with Gasteiger partial charge in [-0.2, -0.15) is 5.26 Å². The maximum absolute atomic E-state index is 11.2. The smallest absolute Gasteiger partial charge is 0.346 e. The van der Waals surface area contributed by atoms with Gasteiger partial charge in [-0.3, -0.25) is 4.79 Å². The van der Waals surface area contributed by atoms with Gasteiger partial charge >= 0.3 is 11.9 Å². The molecule has 6 heteroatoms. The van der Waals surface area contributed by atoms with Crippen molar-refractivity contribution in [3.63, 3.8) is 0 Å². The number of ether oxygens (including phenoxy) is 1. The summed E-state index contributed by atoms with van der Waals surface area (Å²) in [4.78, 5) is 22.1. The molecule has 5 nitrogen and oxygen atoms in total. The zero-order chi connectivity index (χ0) is 12.1. The maximum Gasteiger partial charge on any atom is 0.346 e. The van der Waals surface area contributed by atoms with Gasteiger partial charge in [-0.15, -0.1) is 11.3 Å². The standard InChI is InChI=1S/C10H9NO4S/c1-2-15-8(12)3-7-6(4-11)5-16-9(7)10(13)14/h5H,2-3H2,1H3,(H,13,14). The van der Waals surface area contributed by atoms with E-state index in [0.29, 0.717) is 0 Å². The van der Waals surface area contributed by atoms with Crippen LogP contribution in [0.3, 0.4) is 0 Å². The Morgan fingerprint density at radius 3 is 2.81 bits per heavy atom. The number of nitrogens with zero attached hydrogens (tertiary/aromatic N) is 1. The molecule has 0 atom stereocenters. The second kappa shape index (κ2) is 5.28. The highest BCUT2D eigenvalue weighted by Gasteiger charge is 2.20. The van der Waals surface area contributed by atoms with Gasteiger partial charge in [0.05, 0.1) is 18.6 Å². The van der Waals surface area contributed by atoms with Crippen molar-refractivity contribution >= 4 is 23.3 Å². The Morgan fingerprint density at radius 1 is 1.62 bits per heavy atom. The van der Waals surface area contributed by atoms with Gasteiger partial charge in [0.15, 0.2) is 0 Å². The lowest BCUT2D eigenvalue weighted by Crippen LogP contribution is -2.10. The lowest BCUT2D eigenvalue weighted by molar-refractivity contribution is -0.142. The van der Waals surface area contributed by atoms with Crippen LogP contribution in [-0.4, -0.2) is 23.7 Å². The average molecular weight is 239 g/mol. The van der Waals surface area contributed by atoms with Crippen molar-refractivity contribution in [3.05, 3.63) is 21.4 Å². The number of carboxylic acid groups (broad SMARTS) is 1. The Labute approximate surface area is 95.9 Å². The Bertz CT molecular complexity index is 458. The lowest BCUT2D eigenvalue weighted by Gasteiger charge is -2.01. The Morgan fingerprint density at radius 2 is 2.31 bits per heavy atom. The molecule has 0 unspecified atom stereocenters. The van der Waals surface area contributed by atoms with E-state index in [9.17, 15) is 9.59 Å². The van der Waals surface area contributed by atoms with E-state index in [4.69, 9.17) is 15.1 Å². The summed E-state index contributed by atoms with van der Waals surface area (Å²) in [6, 6.07) is 1.86. The summed E-state index contributed by atoms with van der Waals surface area (Å²) in [5.41, 5.74) is 0.453. The number of aromatic carboxylic acids is 1. The SMILES string of the molecule is CCOC(=O)Cc1c(C#N)csc1C(=O)O. The van der Waals surface area contributed by atoms with Gasteiger partial charge in [0.1, 0.15) is 10.9 Å². The highest BCUT2D eigenvalue weighted by Crippen LogP contribution is 2.23. The van der Waals surface area contributed by atoms with Crippen molar-refractivity contribution in [2.75, 3.05) is 6.61 Å². The predicted molar refractivity (Wildman–Crippen MR) is 56.3 cm³/mol. The number of carbonyl (C=O) groups excluding carboxylic acids is 1. The minimum Gasteiger partial charge on any atom is -0.477 e. The molecule has 1 heterocycles. The van der Waals surface area contributed by atoms with Gasteiger partial charge in [0.25, 0.3) is 0 Å². The molecule has 1 aromatic rings. The first-order chi connectivity index (χ1) is 7.60. The number of carboxylic acids is 1. The minimum atomic E-state index is -1.13. The molecule has 0 aliphatic rings. The Hall–Kier alpha value is -1.87. The molecular weight excluding hydrogens is 230 g/mol. The number of hydrogen-bond acceptors (Lipinski definition) is 5. The van der Waals surface area contributed by atoms with Crippen LogP contribution in [0.4, 0.5) is 0 Å². The van der Waals surface area contributed by atoms with Crippen LogP contribution in [0.1, 0.15) is 27.7 Å². The van der Waals surface area contributed by atoms with Crippen LogP contribution < -0.4 is 0 Å². The number of rotatable bonds is 4. The largest absolute Gasteiger partial charge is 0.477 e. The van der Waals surface area contributed by atoms with E-state index in [1.165, 1.54) is 5.38 Å². The van der Waals surface area contributed by atoms with Gasteiger partial charge in [0.2, 0.25) is 0 Å². The van der Waals surface area contributed by atoms with Crippen molar-refractivity contribution < 1.29 is 19.4 Å². The number of esters is 1. The fourth-order valence-electron chi connectivity index (χ4n) is 1.19. The molecule has 16 heavy (non-hydrogen) atoms. The first-order valence-corrected chi connectivity index (χ1v) is 5.37. The normalized spacial score (nSPS) is 9.50. The third-order valence-electron chi connectivity index (χ3n) is 1.83. The third kappa shape index (κ3) is 2.58. The number of nitriles is 1. The van der Waals surface area contributed by atoms with Crippen molar-refractivity contribution in [1.29, 1.82) is 5.26 Å².